The number of aromatic carboxylic acids is 1. The van der Waals surface area contributed by atoms with Crippen LogP contribution in [0.5, 0.6) is 0 Å². The van der Waals surface area contributed by atoms with Crippen molar-refractivity contribution in [1.29, 1.82) is 0 Å². The molecule has 0 saturated carbocycles. The second kappa shape index (κ2) is 4.20. The number of carboxylic acids is 1. The minimum atomic E-state index is -1.33. The summed E-state index contributed by atoms with van der Waals surface area (Å²) in [6.07, 6.45) is 1.48. The van der Waals surface area contributed by atoms with Crippen LogP contribution in [0.4, 0.5) is 4.39 Å². The first-order valence-electron chi connectivity index (χ1n) is 5.22. The zero-order chi connectivity index (χ0) is 13.6. The number of halogens is 2. The van der Waals surface area contributed by atoms with Gasteiger partial charge in [0.05, 0.1) is 28.4 Å². The van der Waals surface area contributed by atoms with Gasteiger partial charge in [0.2, 0.25) is 0 Å². The topological polar surface area (TPSA) is 79.1 Å². The lowest BCUT2D eigenvalue weighted by molar-refractivity contribution is 0.0692. The van der Waals surface area contributed by atoms with Crippen LogP contribution in [-0.4, -0.2) is 21.0 Å². The average Bonchev–Trinajstić information content (AvgIpc) is 2.92. The summed E-state index contributed by atoms with van der Waals surface area (Å²) in [5.41, 5.74) is 1.07. The highest BCUT2D eigenvalue weighted by atomic mass is 79.9. The van der Waals surface area contributed by atoms with Gasteiger partial charge in [0.1, 0.15) is 11.6 Å². The molecule has 0 atom stereocenters. The van der Waals surface area contributed by atoms with Crippen molar-refractivity contribution in [2.45, 2.75) is 0 Å². The summed E-state index contributed by atoms with van der Waals surface area (Å²) in [6, 6.07) is 4.00. The molecule has 0 aliphatic carbocycles. The molecule has 0 aliphatic heterocycles. The standard InChI is InChI=1S/C12H6BrFN2O3/c13-10-5(1-2-19-10)11-15-8-3-6(12(17)18)7(14)4-9(8)16-11/h1-4H,(H,15,16)(H,17,18). The first-order chi connectivity index (χ1) is 9.06. The molecule has 0 bridgehead atoms. The Hall–Kier alpha value is -2.15. The fraction of sp³-hybridized carbons (Fsp3) is 0. The van der Waals surface area contributed by atoms with Crippen molar-refractivity contribution in [3.05, 3.63) is 40.5 Å². The maximum absolute atomic E-state index is 13.5. The Morgan fingerprint density at radius 1 is 1.47 bits per heavy atom. The van der Waals surface area contributed by atoms with E-state index in [-0.39, 0.29) is 0 Å². The van der Waals surface area contributed by atoms with Crippen LogP contribution in [0.2, 0.25) is 0 Å². The Morgan fingerprint density at radius 3 is 2.89 bits per heavy atom. The van der Waals surface area contributed by atoms with Gasteiger partial charge < -0.3 is 14.5 Å². The number of aromatic amines is 1. The van der Waals surface area contributed by atoms with Gasteiger partial charge in [-0.15, -0.1) is 0 Å². The van der Waals surface area contributed by atoms with E-state index in [0.717, 1.165) is 6.07 Å². The quantitative estimate of drug-likeness (QED) is 0.757. The maximum atomic E-state index is 13.5. The zero-order valence-electron chi connectivity index (χ0n) is 9.28. The normalized spacial score (nSPS) is 11.1. The minimum Gasteiger partial charge on any atom is -0.478 e. The summed E-state index contributed by atoms with van der Waals surface area (Å²) in [5.74, 6) is -1.66. The maximum Gasteiger partial charge on any atom is 0.338 e. The summed E-state index contributed by atoms with van der Waals surface area (Å²) in [5, 5.41) is 8.86. The molecule has 3 aromatic rings. The van der Waals surface area contributed by atoms with Crippen LogP contribution in [0, 0.1) is 5.82 Å². The van der Waals surface area contributed by atoms with Crippen LogP contribution in [0.15, 0.2) is 33.5 Å². The van der Waals surface area contributed by atoms with Crippen molar-refractivity contribution in [2.24, 2.45) is 0 Å². The van der Waals surface area contributed by atoms with Crippen molar-refractivity contribution in [3.8, 4) is 11.4 Å². The van der Waals surface area contributed by atoms with E-state index >= 15 is 0 Å². The number of furan rings is 1. The fourth-order valence-electron chi connectivity index (χ4n) is 1.78. The van der Waals surface area contributed by atoms with Crippen LogP contribution in [0.1, 0.15) is 10.4 Å². The molecule has 0 spiro atoms. The number of H-pyrrole nitrogens is 1. The number of hydrogen-bond donors (Lipinski definition) is 2. The Bertz CT molecular complexity index is 793. The lowest BCUT2D eigenvalue weighted by Crippen LogP contribution is -1.99. The third-order valence-electron chi connectivity index (χ3n) is 2.67. The van der Waals surface area contributed by atoms with Gasteiger partial charge in [-0.3, -0.25) is 0 Å². The molecule has 0 aliphatic rings. The molecule has 7 heteroatoms. The highest BCUT2D eigenvalue weighted by Gasteiger charge is 2.16. The van der Waals surface area contributed by atoms with Crippen LogP contribution in [0.25, 0.3) is 22.4 Å². The molecule has 5 nitrogen and oxygen atoms in total. The predicted octanol–water partition coefficient (Wildman–Crippen LogP) is 3.42. The van der Waals surface area contributed by atoms with E-state index in [1.165, 1.54) is 12.3 Å². The molecule has 2 aromatic heterocycles. The van der Waals surface area contributed by atoms with Gasteiger partial charge >= 0.3 is 5.97 Å². The van der Waals surface area contributed by atoms with Crippen molar-refractivity contribution in [2.75, 3.05) is 0 Å². The third-order valence-corrected chi connectivity index (χ3v) is 3.29. The number of aromatic nitrogens is 2. The number of nitrogens with one attached hydrogen (secondary N) is 1. The molecule has 3 rings (SSSR count). The van der Waals surface area contributed by atoms with E-state index in [4.69, 9.17) is 9.52 Å². The Labute approximate surface area is 114 Å². The molecule has 0 radical (unpaired) electrons. The first kappa shape index (κ1) is 11.9. The van der Waals surface area contributed by atoms with Gasteiger partial charge in [0.15, 0.2) is 4.67 Å². The van der Waals surface area contributed by atoms with Crippen molar-refractivity contribution in [1.82, 2.24) is 9.97 Å². The number of carbonyl (C=O) groups is 1. The summed E-state index contributed by atoms with van der Waals surface area (Å²) >= 11 is 3.22. The summed E-state index contributed by atoms with van der Waals surface area (Å²) < 4.78 is 19.1. The number of imidazole rings is 1. The smallest absolute Gasteiger partial charge is 0.338 e. The first-order valence-corrected chi connectivity index (χ1v) is 6.01. The van der Waals surface area contributed by atoms with E-state index in [9.17, 15) is 9.18 Å². The number of carboxylic acid groups (broad SMARTS) is 1. The lowest BCUT2D eigenvalue weighted by atomic mass is 10.2. The van der Waals surface area contributed by atoms with Gasteiger partial charge in [-0.1, -0.05) is 0 Å². The molecule has 0 saturated heterocycles. The molecule has 96 valence electrons. The van der Waals surface area contributed by atoms with Crippen LogP contribution in [0.3, 0.4) is 0 Å². The predicted molar refractivity (Wildman–Crippen MR) is 68.4 cm³/mol. The van der Waals surface area contributed by atoms with E-state index in [1.807, 2.05) is 0 Å². The van der Waals surface area contributed by atoms with Gasteiger partial charge in [0, 0.05) is 6.07 Å². The highest BCUT2D eigenvalue weighted by molar-refractivity contribution is 9.10. The average molecular weight is 325 g/mol. The molecular formula is C12H6BrFN2O3. The number of rotatable bonds is 2. The lowest BCUT2D eigenvalue weighted by Gasteiger charge is -1.95. The van der Waals surface area contributed by atoms with E-state index in [1.54, 1.807) is 6.07 Å². The summed E-state index contributed by atoms with van der Waals surface area (Å²) in [6.45, 7) is 0. The SMILES string of the molecule is O=C(O)c1cc2nc(-c3ccoc3Br)[nH]c2cc1F. The zero-order valence-corrected chi connectivity index (χ0v) is 10.9. The van der Waals surface area contributed by atoms with E-state index in [0.29, 0.717) is 27.1 Å². The molecule has 0 unspecified atom stereocenters. The van der Waals surface area contributed by atoms with Crippen molar-refractivity contribution < 1.29 is 18.7 Å². The van der Waals surface area contributed by atoms with Crippen molar-refractivity contribution in [3.63, 3.8) is 0 Å². The monoisotopic (exact) mass is 324 g/mol. The van der Waals surface area contributed by atoms with Crippen LogP contribution in [-0.2, 0) is 0 Å². The molecule has 1 aromatic carbocycles. The van der Waals surface area contributed by atoms with Gasteiger partial charge in [-0.05, 0) is 28.1 Å². The van der Waals surface area contributed by atoms with Crippen LogP contribution >= 0.6 is 15.9 Å². The fourth-order valence-corrected chi connectivity index (χ4v) is 2.21. The van der Waals surface area contributed by atoms with Gasteiger partial charge in [0.25, 0.3) is 0 Å². The number of hydrogen-bond acceptors (Lipinski definition) is 3. The molecular weight excluding hydrogens is 319 g/mol. The summed E-state index contributed by atoms with van der Waals surface area (Å²) in [4.78, 5) is 18.0. The molecule has 0 fully saturated rings. The van der Waals surface area contributed by atoms with Crippen LogP contribution < -0.4 is 0 Å². The third kappa shape index (κ3) is 1.91. The summed E-state index contributed by atoms with van der Waals surface area (Å²) in [7, 11) is 0. The minimum absolute atomic E-state index is 0.377. The van der Waals surface area contributed by atoms with Gasteiger partial charge in [-0.2, -0.15) is 0 Å². The molecule has 2 N–H and O–H groups in total. The largest absolute Gasteiger partial charge is 0.478 e. The second-order valence-corrected chi connectivity index (χ2v) is 4.57. The second-order valence-electron chi connectivity index (χ2n) is 3.85. The number of nitrogens with zero attached hydrogens (tertiary/aromatic N) is 1. The molecule has 0 amide bonds. The number of benzene rings is 1. The Balaban J connectivity index is 2.21. The molecule has 2 heterocycles. The molecule has 19 heavy (non-hydrogen) atoms. The van der Waals surface area contributed by atoms with Gasteiger partial charge in [-0.25, -0.2) is 14.2 Å². The Morgan fingerprint density at radius 2 is 2.26 bits per heavy atom. The Kier molecular flexibility index (Phi) is 2.63. The van der Waals surface area contributed by atoms with E-state index < -0.39 is 17.3 Å². The van der Waals surface area contributed by atoms with E-state index in [2.05, 4.69) is 25.9 Å². The number of fused-ring (bicyclic) bond motifs is 1. The van der Waals surface area contributed by atoms with Crippen molar-refractivity contribution >= 4 is 32.9 Å². The highest BCUT2D eigenvalue weighted by Crippen LogP contribution is 2.29.